The molecule has 2 heterocycles. The van der Waals surface area contributed by atoms with Crippen LogP contribution in [0.2, 0.25) is 0 Å². The Labute approximate surface area is 163 Å². The number of hydrogen-bond acceptors (Lipinski definition) is 5. The number of alkyl halides is 3. The van der Waals surface area contributed by atoms with Crippen molar-refractivity contribution in [3.63, 3.8) is 0 Å². The number of benzene rings is 1. The van der Waals surface area contributed by atoms with E-state index in [1.165, 1.54) is 13.2 Å². The fraction of sp³-hybridized carbons (Fsp3) is 0.263. The van der Waals surface area contributed by atoms with Gasteiger partial charge >= 0.3 is 6.18 Å². The molecule has 0 atom stereocenters. The van der Waals surface area contributed by atoms with Gasteiger partial charge in [0.25, 0.3) is 5.69 Å². The molecular formula is C19H17F3N4O3. The van der Waals surface area contributed by atoms with E-state index in [0.29, 0.717) is 16.0 Å². The van der Waals surface area contributed by atoms with Crippen molar-refractivity contribution in [2.75, 3.05) is 7.11 Å². The number of nitrogens with zero attached hydrogens (tertiary/aromatic N) is 4. The second-order valence-corrected chi connectivity index (χ2v) is 6.31. The second-order valence-electron chi connectivity index (χ2n) is 6.31. The Kier molecular flexibility index (Phi) is 5.27. The van der Waals surface area contributed by atoms with Gasteiger partial charge in [-0.05, 0) is 31.5 Å². The highest BCUT2D eigenvalue weighted by Gasteiger charge is 2.37. The lowest BCUT2D eigenvalue weighted by Crippen LogP contribution is -2.14. The van der Waals surface area contributed by atoms with Crippen LogP contribution in [0.1, 0.15) is 23.9 Å². The van der Waals surface area contributed by atoms with Gasteiger partial charge < -0.3 is 4.74 Å². The molecule has 1 aromatic carbocycles. The van der Waals surface area contributed by atoms with Gasteiger partial charge in [0.1, 0.15) is 11.4 Å². The number of aromatic nitrogens is 3. The maximum absolute atomic E-state index is 13.5. The van der Waals surface area contributed by atoms with Crippen LogP contribution in [0.25, 0.3) is 17.1 Å². The van der Waals surface area contributed by atoms with Gasteiger partial charge in [-0.1, -0.05) is 18.6 Å². The normalized spacial score (nSPS) is 11.5. The maximum Gasteiger partial charge on any atom is 0.433 e. The summed E-state index contributed by atoms with van der Waals surface area (Å²) >= 11 is 0. The van der Waals surface area contributed by atoms with Gasteiger partial charge in [0.05, 0.1) is 29.5 Å². The van der Waals surface area contributed by atoms with Crippen LogP contribution in [0.5, 0.6) is 5.75 Å². The summed E-state index contributed by atoms with van der Waals surface area (Å²) in [4.78, 5) is 15.0. The topological polar surface area (TPSA) is 83.1 Å². The second kappa shape index (κ2) is 7.53. The zero-order valence-corrected chi connectivity index (χ0v) is 15.8. The maximum atomic E-state index is 13.5. The third kappa shape index (κ3) is 4.05. The van der Waals surface area contributed by atoms with E-state index in [9.17, 15) is 23.3 Å². The predicted molar refractivity (Wildman–Crippen MR) is 99.1 cm³/mol. The van der Waals surface area contributed by atoms with E-state index in [4.69, 9.17) is 4.74 Å². The molecule has 152 valence electrons. The Morgan fingerprint density at radius 2 is 1.93 bits per heavy atom. The summed E-state index contributed by atoms with van der Waals surface area (Å²) in [5.41, 5.74) is 0.101. The lowest BCUT2D eigenvalue weighted by Gasteiger charge is -2.13. The number of hydrogen-bond donors (Lipinski definition) is 0. The fourth-order valence-corrected chi connectivity index (χ4v) is 2.86. The monoisotopic (exact) mass is 406 g/mol. The molecule has 0 radical (unpaired) electrons. The third-order valence-corrected chi connectivity index (χ3v) is 4.27. The van der Waals surface area contributed by atoms with Gasteiger partial charge in [-0.25, -0.2) is 9.67 Å². The van der Waals surface area contributed by atoms with Crippen LogP contribution >= 0.6 is 0 Å². The Morgan fingerprint density at radius 3 is 2.52 bits per heavy atom. The van der Waals surface area contributed by atoms with E-state index in [-0.39, 0.29) is 23.6 Å². The standard InChI is InChI=1S/C19H17F3N4O3/c1-4-12-8-17(19(20,21)22)25(24-12)18-10-13(26(27)28)9-15(23-18)14-7-11(2)5-6-16(14)29-3/h5-10H,4H2,1-3H3. The van der Waals surface area contributed by atoms with Gasteiger partial charge in [-0.15, -0.1) is 0 Å². The van der Waals surface area contributed by atoms with E-state index >= 15 is 0 Å². The summed E-state index contributed by atoms with van der Waals surface area (Å²) in [5.74, 6) is 0.0880. The quantitative estimate of drug-likeness (QED) is 0.451. The van der Waals surface area contributed by atoms with E-state index < -0.39 is 22.5 Å². The average molecular weight is 406 g/mol. The lowest BCUT2D eigenvalue weighted by atomic mass is 10.1. The molecule has 2 aromatic heterocycles. The largest absolute Gasteiger partial charge is 0.496 e. The highest BCUT2D eigenvalue weighted by atomic mass is 19.4. The summed E-state index contributed by atoms with van der Waals surface area (Å²) in [5, 5.41) is 15.4. The van der Waals surface area contributed by atoms with Crippen molar-refractivity contribution >= 4 is 5.69 Å². The van der Waals surface area contributed by atoms with E-state index in [0.717, 1.165) is 17.7 Å². The molecule has 0 saturated carbocycles. The van der Waals surface area contributed by atoms with Crippen molar-refractivity contribution in [2.45, 2.75) is 26.4 Å². The van der Waals surface area contributed by atoms with Crippen molar-refractivity contribution in [2.24, 2.45) is 0 Å². The summed E-state index contributed by atoms with van der Waals surface area (Å²) in [6.07, 6.45) is -4.43. The Morgan fingerprint density at radius 1 is 1.21 bits per heavy atom. The average Bonchev–Trinajstić information content (AvgIpc) is 3.12. The van der Waals surface area contributed by atoms with E-state index in [2.05, 4.69) is 10.1 Å². The minimum atomic E-state index is -4.70. The zero-order chi connectivity index (χ0) is 21.3. The van der Waals surface area contributed by atoms with Crippen LogP contribution in [0, 0.1) is 17.0 Å². The summed E-state index contributed by atoms with van der Waals surface area (Å²) in [6.45, 7) is 3.47. The highest BCUT2D eigenvalue weighted by Crippen LogP contribution is 2.35. The molecule has 3 rings (SSSR count). The highest BCUT2D eigenvalue weighted by molar-refractivity contribution is 5.70. The number of nitro groups is 1. The number of rotatable bonds is 5. The van der Waals surface area contributed by atoms with Gasteiger partial charge in [0.15, 0.2) is 5.82 Å². The van der Waals surface area contributed by atoms with Crippen LogP contribution in [-0.2, 0) is 12.6 Å². The molecule has 0 amide bonds. The molecule has 0 aliphatic carbocycles. The lowest BCUT2D eigenvalue weighted by molar-refractivity contribution is -0.384. The van der Waals surface area contributed by atoms with Crippen LogP contribution in [0.15, 0.2) is 36.4 Å². The number of pyridine rings is 1. The van der Waals surface area contributed by atoms with Crippen LogP contribution in [-0.4, -0.2) is 26.8 Å². The molecule has 0 aliphatic rings. The summed E-state index contributed by atoms with van der Waals surface area (Å²) in [6, 6.07) is 8.21. The number of halogens is 3. The first-order valence-corrected chi connectivity index (χ1v) is 8.62. The van der Waals surface area contributed by atoms with E-state index in [1.54, 1.807) is 25.1 Å². The van der Waals surface area contributed by atoms with Crippen LogP contribution in [0.3, 0.4) is 0 Å². The number of aryl methyl sites for hydroxylation is 2. The molecule has 0 saturated heterocycles. The van der Waals surface area contributed by atoms with E-state index in [1.807, 2.05) is 6.92 Å². The van der Waals surface area contributed by atoms with Crippen molar-refractivity contribution in [3.05, 3.63) is 63.5 Å². The number of methoxy groups -OCH3 is 1. The minimum Gasteiger partial charge on any atom is -0.496 e. The van der Waals surface area contributed by atoms with Crippen molar-refractivity contribution in [1.29, 1.82) is 0 Å². The predicted octanol–water partition coefficient (Wildman–Crippen LogP) is 4.74. The molecule has 0 unspecified atom stereocenters. The van der Waals surface area contributed by atoms with Gasteiger partial charge in [0, 0.05) is 11.6 Å². The molecule has 10 heteroatoms. The molecule has 0 N–H and O–H groups in total. The molecule has 7 nitrogen and oxygen atoms in total. The summed E-state index contributed by atoms with van der Waals surface area (Å²) < 4.78 is 46.4. The fourth-order valence-electron chi connectivity index (χ4n) is 2.86. The third-order valence-electron chi connectivity index (χ3n) is 4.27. The number of ether oxygens (including phenoxy) is 1. The van der Waals surface area contributed by atoms with Gasteiger partial charge in [-0.2, -0.15) is 18.3 Å². The zero-order valence-electron chi connectivity index (χ0n) is 15.8. The molecule has 29 heavy (non-hydrogen) atoms. The minimum absolute atomic E-state index is 0.108. The first kappa shape index (κ1) is 20.3. The van der Waals surface area contributed by atoms with Crippen LogP contribution < -0.4 is 4.74 Å². The smallest absolute Gasteiger partial charge is 0.433 e. The van der Waals surface area contributed by atoms with Crippen molar-refractivity contribution < 1.29 is 22.8 Å². The van der Waals surface area contributed by atoms with Crippen molar-refractivity contribution in [1.82, 2.24) is 14.8 Å². The van der Waals surface area contributed by atoms with Crippen LogP contribution in [0.4, 0.5) is 18.9 Å². The first-order valence-electron chi connectivity index (χ1n) is 8.62. The molecule has 0 aliphatic heterocycles. The van der Waals surface area contributed by atoms with Crippen molar-refractivity contribution in [3.8, 4) is 22.8 Å². The summed E-state index contributed by atoms with van der Waals surface area (Å²) in [7, 11) is 1.43. The molecular weight excluding hydrogens is 389 g/mol. The Hall–Kier alpha value is -3.43. The van der Waals surface area contributed by atoms with Gasteiger partial charge in [0.2, 0.25) is 0 Å². The molecule has 0 fully saturated rings. The first-order chi connectivity index (χ1) is 13.6. The Bertz CT molecular complexity index is 1080. The molecule has 3 aromatic rings. The molecule has 0 bridgehead atoms. The van der Waals surface area contributed by atoms with Gasteiger partial charge in [-0.3, -0.25) is 10.1 Å². The SMILES string of the molecule is CCc1cc(C(F)(F)F)n(-c2cc([N+](=O)[O-])cc(-c3cc(C)ccc3OC)n2)n1. The Balaban J connectivity index is 2.30. The molecule has 0 spiro atoms.